The van der Waals surface area contributed by atoms with E-state index in [9.17, 15) is 4.79 Å². The minimum Gasteiger partial charge on any atom is -0.355 e. The molecule has 152 valence electrons. The van der Waals surface area contributed by atoms with Crippen molar-refractivity contribution in [1.29, 1.82) is 0 Å². The fourth-order valence-corrected chi connectivity index (χ4v) is 3.88. The molecule has 2 saturated heterocycles. The maximum Gasteiger partial charge on any atom is 0.226 e. The van der Waals surface area contributed by atoms with E-state index in [0.29, 0.717) is 0 Å². The summed E-state index contributed by atoms with van der Waals surface area (Å²) in [4.78, 5) is 30.2. The summed E-state index contributed by atoms with van der Waals surface area (Å²) >= 11 is 0. The van der Waals surface area contributed by atoms with Crippen LogP contribution in [0.15, 0.2) is 43.1 Å². The van der Waals surface area contributed by atoms with Gasteiger partial charge in [0.05, 0.1) is 12.2 Å². The highest BCUT2D eigenvalue weighted by molar-refractivity contribution is 5.85. The Bertz CT molecular complexity index is 728. The zero-order valence-electron chi connectivity index (χ0n) is 15.6. The molecular formula is C19H26Cl2N6O. The van der Waals surface area contributed by atoms with Crippen molar-refractivity contribution < 1.29 is 4.79 Å². The molecular weight excluding hydrogens is 399 g/mol. The minimum absolute atomic E-state index is 0. The number of nitrogens with zero attached hydrogens (tertiary/aromatic N) is 5. The molecule has 4 rings (SSSR count). The summed E-state index contributed by atoms with van der Waals surface area (Å²) in [7, 11) is 0. The Morgan fingerprint density at radius 1 is 1.04 bits per heavy atom. The first-order valence-corrected chi connectivity index (χ1v) is 9.25. The summed E-state index contributed by atoms with van der Waals surface area (Å²) in [5.74, 6) is 1.26. The van der Waals surface area contributed by atoms with Crippen LogP contribution in [0, 0.1) is 5.92 Å². The van der Waals surface area contributed by atoms with Crippen LogP contribution in [0.4, 0.5) is 5.82 Å². The van der Waals surface area contributed by atoms with E-state index in [2.05, 4.69) is 36.1 Å². The molecule has 2 aromatic heterocycles. The molecule has 1 amide bonds. The second kappa shape index (κ2) is 10.5. The van der Waals surface area contributed by atoms with Crippen molar-refractivity contribution in [3.63, 3.8) is 0 Å². The van der Waals surface area contributed by atoms with E-state index in [-0.39, 0.29) is 42.7 Å². The monoisotopic (exact) mass is 424 g/mol. The Morgan fingerprint density at radius 3 is 2.50 bits per heavy atom. The summed E-state index contributed by atoms with van der Waals surface area (Å²) in [6, 6.07) is 4.07. The maximum absolute atomic E-state index is 13.2. The highest BCUT2D eigenvalue weighted by atomic mass is 35.5. The third-order valence-electron chi connectivity index (χ3n) is 5.31. The first kappa shape index (κ1) is 22.3. The van der Waals surface area contributed by atoms with Crippen molar-refractivity contribution in [3.05, 3.63) is 48.7 Å². The molecule has 2 aromatic rings. The highest BCUT2D eigenvalue weighted by Crippen LogP contribution is 2.28. The Morgan fingerprint density at radius 2 is 1.82 bits per heavy atom. The van der Waals surface area contributed by atoms with Gasteiger partial charge in [0.2, 0.25) is 5.91 Å². The number of piperazine rings is 1. The average molecular weight is 425 g/mol. The molecule has 4 heterocycles. The highest BCUT2D eigenvalue weighted by Gasteiger charge is 2.34. The third-order valence-corrected chi connectivity index (χ3v) is 5.31. The van der Waals surface area contributed by atoms with E-state index in [1.165, 1.54) is 0 Å². The van der Waals surface area contributed by atoms with Crippen LogP contribution in [0.1, 0.15) is 24.4 Å². The van der Waals surface area contributed by atoms with Crippen molar-refractivity contribution in [2.24, 2.45) is 5.92 Å². The van der Waals surface area contributed by atoms with Crippen LogP contribution in [0.25, 0.3) is 0 Å². The number of nitrogens with one attached hydrogen (secondary N) is 1. The lowest BCUT2D eigenvalue weighted by Gasteiger charge is -2.40. The largest absolute Gasteiger partial charge is 0.355 e. The molecule has 2 aliphatic rings. The van der Waals surface area contributed by atoms with Crippen molar-refractivity contribution in [3.8, 4) is 0 Å². The average Bonchev–Trinajstić information content (AvgIpc) is 2.75. The molecule has 9 heteroatoms. The summed E-state index contributed by atoms with van der Waals surface area (Å²) in [6.45, 7) is 4.08. The molecule has 0 spiro atoms. The van der Waals surface area contributed by atoms with Gasteiger partial charge in [-0.1, -0.05) is 6.07 Å². The number of carbonyl (C=O) groups is 1. The molecule has 0 radical (unpaired) electrons. The number of hydrogen-bond donors (Lipinski definition) is 1. The first-order valence-electron chi connectivity index (χ1n) is 9.25. The second-order valence-corrected chi connectivity index (χ2v) is 6.86. The van der Waals surface area contributed by atoms with Gasteiger partial charge in [-0.25, -0.2) is 4.98 Å². The summed E-state index contributed by atoms with van der Waals surface area (Å²) < 4.78 is 0. The number of aromatic nitrogens is 3. The fraction of sp³-hybridized carbons (Fsp3) is 0.474. The van der Waals surface area contributed by atoms with Gasteiger partial charge in [0.1, 0.15) is 5.82 Å². The maximum atomic E-state index is 13.2. The quantitative estimate of drug-likeness (QED) is 0.812. The van der Waals surface area contributed by atoms with Crippen LogP contribution in [0.5, 0.6) is 0 Å². The van der Waals surface area contributed by atoms with E-state index >= 15 is 0 Å². The molecule has 2 fully saturated rings. The SMILES string of the molecule is Cl.Cl.O=C(C1CCN(c2cnccn2)CC1)N1CCNCC1c1cccnc1. The van der Waals surface area contributed by atoms with Gasteiger partial charge in [-0.15, -0.1) is 24.8 Å². The van der Waals surface area contributed by atoms with Gasteiger partial charge in [-0.3, -0.25) is 14.8 Å². The lowest BCUT2D eigenvalue weighted by atomic mass is 9.93. The summed E-state index contributed by atoms with van der Waals surface area (Å²) in [6.07, 6.45) is 10.5. The lowest BCUT2D eigenvalue weighted by Crippen LogP contribution is -2.52. The van der Waals surface area contributed by atoms with Crippen LogP contribution in [-0.4, -0.2) is 58.5 Å². The van der Waals surface area contributed by atoms with Crippen LogP contribution in [0.3, 0.4) is 0 Å². The molecule has 0 aliphatic carbocycles. The fourth-order valence-electron chi connectivity index (χ4n) is 3.88. The van der Waals surface area contributed by atoms with Gasteiger partial charge < -0.3 is 15.1 Å². The van der Waals surface area contributed by atoms with Gasteiger partial charge in [0, 0.05) is 63.4 Å². The van der Waals surface area contributed by atoms with Gasteiger partial charge in [-0.05, 0) is 24.5 Å². The predicted octanol–water partition coefficient (Wildman–Crippen LogP) is 2.10. The summed E-state index contributed by atoms with van der Waals surface area (Å²) in [5.41, 5.74) is 1.10. The number of hydrogen-bond acceptors (Lipinski definition) is 6. The predicted molar refractivity (Wildman–Crippen MR) is 113 cm³/mol. The number of carbonyl (C=O) groups excluding carboxylic acids is 1. The molecule has 0 saturated carbocycles. The molecule has 1 N–H and O–H groups in total. The smallest absolute Gasteiger partial charge is 0.226 e. The number of pyridine rings is 1. The first-order chi connectivity index (χ1) is 12.8. The topological polar surface area (TPSA) is 74.2 Å². The van der Waals surface area contributed by atoms with Crippen LogP contribution in [0.2, 0.25) is 0 Å². The lowest BCUT2D eigenvalue weighted by molar-refractivity contribution is -0.139. The molecule has 0 aromatic carbocycles. The molecule has 7 nitrogen and oxygen atoms in total. The standard InChI is InChI=1S/C19H24N6O.2ClH/c26-19(15-3-9-24(10-4-15)18-14-21-6-7-23-18)25-11-8-22-13-17(25)16-2-1-5-20-12-16;;/h1-2,5-7,12,14-15,17,22H,3-4,8-11,13H2;2*1H. The molecule has 1 unspecified atom stereocenters. The van der Waals surface area contributed by atoms with Crippen LogP contribution in [-0.2, 0) is 4.79 Å². The van der Waals surface area contributed by atoms with E-state index in [0.717, 1.165) is 56.9 Å². The zero-order valence-corrected chi connectivity index (χ0v) is 17.2. The Labute approximate surface area is 177 Å². The number of halogens is 2. The number of rotatable bonds is 3. The van der Waals surface area contributed by atoms with Crippen molar-refractivity contribution in [2.75, 3.05) is 37.6 Å². The molecule has 2 aliphatic heterocycles. The molecule has 0 bridgehead atoms. The van der Waals surface area contributed by atoms with Gasteiger partial charge in [-0.2, -0.15) is 0 Å². The molecule has 1 atom stereocenters. The van der Waals surface area contributed by atoms with Crippen molar-refractivity contribution in [2.45, 2.75) is 18.9 Å². The second-order valence-electron chi connectivity index (χ2n) is 6.86. The summed E-state index contributed by atoms with van der Waals surface area (Å²) in [5, 5.41) is 3.40. The Hall–Kier alpha value is -1.96. The number of anilines is 1. The molecule has 28 heavy (non-hydrogen) atoms. The third kappa shape index (κ3) is 4.90. The van der Waals surface area contributed by atoms with E-state index in [4.69, 9.17) is 0 Å². The Kier molecular flexibility index (Phi) is 8.41. The Balaban J connectivity index is 0.00000140. The zero-order chi connectivity index (χ0) is 17.8. The van der Waals surface area contributed by atoms with E-state index in [1.54, 1.807) is 24.8 Å². The van der Waals surface area contributed by atoms with Gasteiger partial charge in [0.25, 0.3) is 0 Å². The number of amides is 1. The number of piperidine rings is 1. The van der Waals surface area contributed by atoms with Gasteiger partial charge >= 0.3 is 0 Å². The van der Waals surface area contributed by atoms with Gasteiger partial charge in [0.15, 0.2) is 0 Å². The van der Waals surface area contributed by atoms with Crippen LogP contribution >= 0.6 is 24.8 Å². The van der Waals surface area contributed by atoms with Crippen molar-refractivity contribution >= 4 is 36.5 Å². The normalized spacial score (nSPS) is 20.1. The van der Waals surface area contributed by atoms with Crippen LogP contribution < -0.4 is 10.2 Å². The van der Waals surface area contributed by atoms with E-state index in [1.807, 2.05) is 12.3 Å². The van der Waals surface area contributed by atoms with E-state index < -0.39 is 0 Å². The minimum atomic E-state index is 0. The van der Waals surface area contributed by atoms with Crippen molar-refractivity contribution in [1.82, 2.24) is 25.2 Å².